The van der Waals surface area contributed by atoms with E-state index in [-0.39, 0.29) is 24.6 Å². The van der Waals surface area contributed by atoms with E-state index < -0.39 is 0 Å². The second-order valence-electron chi connectivity index (χ2n) is 5.29. The van der Waals surface area contributed by atoms with Crippen molar-refractivity contribution in [3.63, 3.8) is 0 Å². The van der Waals surface area contributed by atoms with E-state index in [0.29, 0.717) is 10.8 Å². The summed E-state index contributed by atoms with van der Waals surface area (Å²) in [5, 5.41) is 3.57. The fourth-order valence-electron chi connectivity index (χ4n) is 2.10. The van der Waals surface area contributed by atoms with Gasteiger partial charge in [-0.05, 0) is 43.5 Å². The first kappa shape index (κ1) is 21.7. The molecule has 1 saturated carbocycles. The monoisotopic (exact) mass is 342 g/mol. The van der Waals surface area contributed by atoms with Crippen LogP contribution in [0.4, 0.5) is 0 Å². The molecule has 1 aliphatic rings. The molecule has 4 nitrogen and oxygen atoms in total. The maximum absolute atomic E-state index is 11.6. The van der Waals surface area contributed by atoms with Gasteiger partial charge in [-0.2, -0.15) is 0 Å². The molecule has 23 heavy (non-hydrogen) atoms. The summed E-state index contributed by atoms with van der Waals surface area (Å²) in [6.07, 6.45) is 4.03. The van der Waals surface area contributed by atoms with Crippen molar-refractivity contribution in [3.8, 4) is 5.75 Å². The van der Waals surface area contributed by atoms with Gasteiger partial charge in [-0.15, -0.1) is 0 Å². The van der Waals surface area contributed by atoms with E-state index in [2.05, 4.69) is 19.2 Å². The van der Waals surface area contributed by atoms with Gasteiger partial charge in [0.1, 0.15) is 5.75 Å². The quantitative estimate of drug-likeness (QED) is 0.863. The number of benzene rings is 1. The van der Waals surface area contributed by atoms with Gasteiger partial charge in [0.2, 0.25) is 0 Å². The van der Waals surface area contributed by atoms with Crippen LogP contribution >= 0.6 is 11.6 Å². The number of ether oxygens (including phenoxy) is 1. The van der Waals surface area contributed by atoms with Gasteiger partial charge in [-0.1, -0.05) is 45.7 Å². The Morgan fingerprint density at radius 2 is 1.83 bits per heavy atom. The van der Waals surface area contributed by atoms with Crippen LogP contribution < -0.4 is 15.8 Å². The van der Waals surface area contributed by atoms with Crippen molar-refractivity contribution in [3.05, 3.63) is 29.3 Å². The average Bonchev–Trinajstić information content (AvgIpc) is 2.94. The highest BCUT2D eigenvalue weighted by atomic mass is 35.5. The third kappa shape index (κ3) is 10.2. The zero-order chi connectivity index (χ0) is 17.7. The molecule has 1 amide bonds. The summed E-state index contributed by atoms with van der Waals surface area (Å²) in [6.45, 7) is 8.27. The fraction of sp³-hybridized carbons (Fsp3) is 0.611. The van der Waals surface area contributed by atoms with Gasteiger partial charge in [0.25, 0.3) is 5.91 Å². The molecule has 1 aromatic carbocycles. The van der Waals surface area contributed by atoms with Crippen molar-refractivity contribution in [2.24, 2.45) is 5.73 Å². The lowest BCUT2D eigenvalue weighted by atomic mass is 10.2. The Hall–Kier alpha value is -1.26. The summed E-state index contributed by atoms with van der Waals surface area (Å²) < 4.78 is 5.36. The van der Waals surface area contributed by atoms with Crippen molar-refractivity contribution in [2.45, 2.75) is 65.5 Å². The molecule has 1 aromatic rings. The van der Waals surface area contributed by atoms with E-state index in [4.69, 9.17) is 22.1 Å². The number of nitrogens with two attached hydrogens (primary N) is 1. The first-order valence-electron chi connectivity index (χ1n) is 8.48. The Kier molecular flexibility index (Phi) is 12.5. The minimum atomic E-state index is -0.107. The molecule has 0 aliphatic heterocycles. The Bertz CT molecular complexity index is 424. The molecule has 2 rings (SSSR count). The third-order valence-electron chi connectivity index (χ3n) is 3.02. The number of carbonyl (C=O) groups excluding carboxylic acids is 1. The SMILES string of the molecule is CC.CCC.NC1CCC(NC(=O)COc2ccc(Cl)cc2)C1. The first-order valence-corrected chi connectivity index (χ1v) is 8.86. The molecule has 5 heteroatoms. The number of carbonyl (C=O) groups is 1. The van der Waals surface area contributed by atoms with E-state index in [9.17, 15) is 4.79 Å². The molecule has 3 N–H and O–H groups in total. The highest BCUT2D eigenvalue weighted by Crippen LogP contribution is 2.17. The molecule has 0 bridgehead atoms. The first-order chi connectivity index (χ1) is 11.0. The zero-order valence-electron chi connectivity index (χ0n) is 14.8. The number of amides is 1. The summed E-state index contributed by atoms with van der Waals surface area (Å²) in [5.41, 5.74) is 5.78. The minimum absolute atomic E-state index is 0.0212. The average molecular weight is 343 g/mol. The van der Waals surface area contributed by atoms with Crippen molar-refractivity contribution >= 4 is 17.5 Å². The summed E-state index contributed by atoms with van der Waals surface area (Å²) in [6, 6.07) is 7.34. The second-order valence-corrected chi connectivity index (χ2v) is 5.72. The van der Waals surface area contributed by atoms with Crippen LogP contribution in [0.2, 0.25) is 5.02 Å². The molecule has 0 aromatic heterocycles. The lowest BCUT2D eigenvalue weighted by Gasteiger charge is -2.12. The molecule has 1 aliphatic carbocycles. The van der Waals surface area contributed by atoms with Gasteiger partial charge in [0.05, 0.1) is 0 Å². The number of nitrogens with one attached hydrogen (secondary N) is 1. The summed E-state index contributed by atoms with van der Waals surface area (Å²) in [5.74, 6) is 0.529. The zero-order valence-corrected chi connectivity index (χ0v) is 15.5. The topological polar surface area (TPSA) is 64.3 Å². The Morgan fingerprint density at radius 1 is 1.26 bits per heavy atom. The van der Waals surface area contributed by atoms with Crippen LogP contribution in [0.25, 0.3) is 0 Å². The van der Waals surface area contributed by atoms with Crippen molar-refractivity contribution in [1.29, 1.82) is 0 Å². The number of rotatable bonds is 4. The van der Waals surface area contributed by atoms with Gasteiger partial charge >= 0.3 is 0 Å². The minimum Gasteiger partial charge on any atom is -0.484 e. The predicted octanol–water partition coefficient (Wildman–Crippen LogP) is 4.16. The summed E-state index contributed by atoms with van der Waals surface area (Å²) >= 11 is 5.75. The lowest BCUT2D eigenvalue weighted by Crippen LogP contribution is -2.37. The van der Waals surface area contributed by atoms with Crippen LogP contribution in [-0.4, -0.2) is 24.6 Å². The second kappa shape index (κ2) is 13.2. The third-order valence-corrected chi connectivity index (χ3v) is 3.27. The van der Waals surface area contributed by atoms with Crippen LogP contribution in [0.1, 0.15) is 53.4 Å². The smallest absolute Gasteiger partial charge is 0.258 e. The molecule has 132 valence electrons. The lowest BCUT2D eigenvalue weighted by molar-refractivity contribution is -0.123. The maximum atomic E-state index is 11.6. The van der Waals surface area contributed by atoms with E-state index in [1.165, 1.54) is 6.42 Å². The molecule has 1 fully saturated rings. The normalized spacial score (nSPS) is 18.9. The van der Waals surface area contributed by atoms with Crippen LogP contribution in [0, 0.1) is 0 Å². The van der Waals surface area contributed by atoms with Gasteiger partial charge in [-0.25, -0.2) is 0 Å². The van der Waals surface area contributed by atoms with E-state index >= 15 is 0 Å². The number of hydrogen-bond acceptors (Lipinski definition) is 3. The standard InChI is InChI=1S/C13H17ClN2O2.C3H8.C2H6/c14-9-1-5-12(6-2-9)18-8-13(17)16-11-4-3-10(15)7-11;1-3-2;1-2/h1-2,5-6,10-11H,3-4,7-8,15H2,(H,16,17);3H2,1-2H3;1-2H3. The van der Waals surface area contributed by atoms with E-state index in [0.717, 1.165) is 19.3 Å². The van der Waals surface area contributed by atoms with Crippen LogP contribution in [0.15, 0.2) is 24.3 Å². The van der Waals surface area contributed by atoms with E-state index in [1.807, 2.05) is 13.8 Å². The van der Waals surface area contributed by atoms with Crippen LogP contribution in [0.3, 0.4) is 0 Å². The number of hydrogen-bond donors (Lipinski definition) is 2. The molecular weight excluding hydrogens is 312 g/mol. The Labute approximate surface area is 145 Å². The predicted molar refractivity (Wildman–Crippen MR) is 98.0 cm³/mol. The summed E-state index contributed by atoms with van der Waals surface area (Å²) in [7, 11) is 0. The van der Waals surface area contributed by atoms with Crippen LogP contribution in [-0.2, 0) is 4.79 Å². The van der Waals surface area contributed by atoms with Gasteiger partial charge < -0.3 is 15.8 Å². The largest absolute Gasteiger partial charge is 0.484 e. The maximum Gasteiger partial charge on any atom is 0.258 e. The van der Waals surface area contributed by atoms with Crippen LogP contribution in [0.5, 0.6) is 5.75 Å². The molecule has 0 heterocycles. The van der Waals surface area contributed by atoms with Crippen molar-refractivity contribution in [2.75, 3.05) is 6.61 Å². The van der Waals surface area contributed by atoms with Crippen molar-refractivity contribution < 1.29 is 9.53 Å². The fourth-order valence-corrected chi connectivity index (χ4v) is 2.22. The van der Waals surface area contributed by atoms with Gasteiger partial charge in [0.15, 0.2) is 6.61 Å². The summed E-state index contributed by atoms with van der Waals surface area (Å²) in [4.78, 5) is 11.6. The Balaban J connectivity index is 0.000000868. The molecule has 0 saturated heterocycles. The highest BCUT2D eigenvalue weighted by molar-refractivity contribution is 6.30. The van der Waals surface area contributed by atoms with Gasteiger partial charge in [0, 0.05) is 17.1 Å². The highest BCUT2D eigenvalue weighted by Gasteiger charge is 2.22. The molecular formula is C18H31ClN2O2. The van der Waals surface area contributed by atoms with Crippen molar-refractivity contribution in [1.82, 2.24) is 5.32 Å². The molecule has 2 atom stereocenters. The molecule has 0 spiro atoms. The number of halogens is 1. The Morgan fingerprint density at radius 3 is 2.30 bits per heavy atom. The van der Waals surface area contributed by atoms with Gasteiger partial charge in [-0.3, -0.25) is 4.79 Å². The van der Waals surface area contributed by atoms with E-state index in [1.54, 1.807) is 24.3 Å². The molecule has 0 radical (unpaired) electrons. The molecule has 2 unspecified atom stereocenters.